The first-order valence-corrected chi connectivity index (χ1v) is 7.03. The molecule has 0 saturated carbocycles. The van der Waals surface area contributed by atoms with Crippen molar-refractivity contribution in [2.75, 3.05) is 11.9 Å². The summed E-state index contributed by atoms with van der Waals surface area (Å²) in [5.74, 6) is 0.678. The molecule has 98 valence electrons. The number of nitrogens with zero attached hydrogens (tertiary/aromatic N) is 1. The van der Waals surface area contributed by atoms with Gasteiger partial charge in [0, 0.05) is 0 Å². The minimum Gasteiger partial charge on any atom is -0.384 e. The minimum atomic E-state index is -0.904. The highest BCUT2D eigenvalue weighted by molar-refractivity contribution is 7.08. The van der Waals surface area contributed by atoms with E-state index < -0.39 is 5.60 Å². The molecule has 0 unspecified atom stereocenters. The average Bonchev–Trinajstić information content (AvgIpc) is 3.05. The summed E-state index contributed by atoms with van der Waals surface area (Å²) in [7, 11) is 0. The van der Waals surface area contributed by atoms with Gasteiger partial charge in [-0.3, -0.25) is 0 Å². The van der Waals surface area contributed by atoms with Crippen LogP contribution < -0.4 is 5.32 Å². The van der Waals surface area contributed by atoms with E-state index >= 15 is 0 Å². The lowest BCUT2D eigenvalue weighted by molar-refractivity contribution is 0.0718. The van der Waals surface area contributed by atoms with Crippen LogP contribution in [0.2, 0.25) is 0 Å². The largest absolute Gasteiger partial charge is 0.384 e. The summed E-state index contributed by atoms with van der Waals surface area (Å²) in [5.41, 5.74) is 1.92. The molecule has 2 heterocycles. The molecule has 0 aliphatic heterocycles. The van der Waals surface area contributed by atoms with Crippen molar-refractivity contribution in [3.8, 4) is 0 Å². The fourth-order valence-corrected chi connectivity index (χ4v) is 2.75. The van der Waals surface area contributed by atoms with Crippen molar-refractivity contribution in [2.45, 2.75) is 12.5 Å². The second-order valence-electron chi connectivity index (χ2n) is 4.74. The van der Waals surface area contributed by atoms with Gasteiger partial charge in [-0.2, -0.15) is 11.3 Å². The number of imidazole rings is 1. The van der Waals surface area contributed by atoms with E-state index in [2.05, 4.69) is 15.3 Å². The molecule has 1 aromatic carbocycles. The number of aliphatic hydroxyl groups is 1. The lowest BCUT2D eigenvalue weighted by Gasteiger charge is -2.22. The number of hydrogen-bond acceptors (Lipinski definition) is 4. The molecule has 0 radical (unpaired) electrons. The predicted molar refractivity (Wildman–Crippen MR) is 78.5 cm³/mol. The van der Waals surface area contributed by atoms with Crippen LogP contribution in [0.15, 0.2) is 41.1 Å². The first-order valence-electron chi connectivity index (χ1n) is 6.09. The van der Waals surface area contributed by atoms with Crippen molar-refractivity contribution in [3.05, 3.63) is 46.7 Å². The third kappa shape index (κ3) is 2.47. The molecule has 2 aromatic heterocycles. The number of anilines is 1. The van der Waals surface area contributed by atoms with Crippen LogP contribution in [0.25, 0.3) is 11.0 Å². The number of hydrogen-bond donors (Lipinski definition) is 3. The van der Waals surface area contributed by atoms with E-state index in [1.165, 1.54) is 0 Å². The van der Waals surface area contributed by atoms with Crippen molar-refractivity contribution in [2.24, 2.45) is 0 Å². The van der Waals surface area contributed by atoms with E-state index in [9.17, 15) is 5.11 Å². The number of benzene rings is 1. The summed E-state index contributed by atoms with van der Waals surface area (Å²) in [6.07, 6.45) is 0. The molecule has 0 bridgehead atoms. The second-order valence-corrected chi connectivity index (χ2v) is 5.52. The Bertz CT molecular complexity index is 640. The molecular formula is C14H15N3OS. The normalized spacial score (nSPS) is 14.4. The Kier molecular flexibility index (Phi) is 3.00. The Balaban J connectivity index is 1.75. The van der Waals surface area contributed by atoms with Crippen molar-refractivity contribution in [3.63, 3.8) is 0 Å². The number of thiophene rings is 1. The molecule has 5 heteroatoms. The van der Waals surface area contributed by atoms with Crippen molar-refractivity contribution in [1.82, 2.24) is 9.97 Å². The number of rotatable bonds is 4. The molecule has 0 aliphatic rings. The molecule has 4 nitrogen and oxygen atoms in total. The van der Waals surface area contributed by atoms with E-state index in [0.29, 0.717) is 12.5 Å². The maximum atomic E-state index is 10.4. The van der Waals surface area contributed by atoms with Crippen LogP contribution >= 0.6 is 11.3 Å². The van der Waals surface area contributed by atoms with Crippen molar-refractivity contribution >= 4 is 28.3 Å². The molecule has 3 N–H and O–H groups in total. The van der Waals surface area contributed by atoms with Crippen molar-refractivity contribution < 1.29 is 5.11 Å². The van der Waals surface area contributed by atoms with Crippen molar-refractivity contribution in [1.29, 1.82) is 0 Å². The third-order valence-electron chi connectivity index (χ3n) is 3.13. The van der Waals surface area contributed by atoms with Crippen LogP contribution in [0.5, 0.6) is 0 Å². The van der Waals surface area contributed by atoms with Crippen LogP contribution in [0, 0.1) is 0 Å². The quantitative estimate of drug-likeness (QED) is 0.685. The van der Waals surface area contributed by atoms with Gasteiger partial charge in [0.2, 0.25) is 5.95 Å². The Hall–Kier alpha value is -1.85. The Morgan fingerprint density at radius 3 is 2.95 bits per heavy atom. The first kappa shape index (κ1) is 12.2. The smallest absolute Gasteiger partial charge is 0.201 e. The first-order chi connectivity index (χ1) is 9.15. The minimum absolute atomic E-state index is 0.406. The summed E-state index contributed by atoms with van der Waals surface area (Å²) >= 11 is 1.58. The standard InChI is InChI=1S/C14H15N3OS/c1-14(18,10-6-7-19-8-10)9-15-13-16-11-4-2-3-5-12(11)17-13/h2-8,18H,9H2,1H3,(H2,15,16,17)/t14-/m1/s1. The Morgan fingerprint density at radius 1 is 1.37 bits per heavy atom. The number of H-pyrrole nitrogens is 1. The highest BCUT2D eigenvalue weighted by Gasteiger charge is 2.23. The highest BCUT2D eigenvalue weighted by atomic mass is 32.1. The zero-order valence-corrected chi connectivity index (χ0v) is 11.4. The molecule has 0 spiro atoms. The number of nitrogens with one attached hydrogen (secondary N) is 2. The molecule has 0 fully saturated rings. The molecular weight excluding hydrogens is 258 g/mol. The molecule has 19 heavy (non-hydrogen) atoms. The summed E-state index contributed by atoms with van der Waals surface area (Å²) in [4.78, 5) is 7.60. The van der Waals surface area contributed by atoms with Crippen LogP contribution in [0.4, 0.5) is 5.95 Å². The number of fused-ring (bicyclic) bond motifs is 1. The van der Waals surface area contributed by atoms with E-state index in [0.717, 1.165) is 16.6 Å². The van der Waals surface area contributed by atoms with Gasteiger partial charge >= 0.3 is 0 Å². The molecule has 1 atom stereocenters. The van der Waals surface area contributed by atoms with Gasteiger partial charge in [-0.15, -0.1) is 0 Å². The van der Waals surface area contributed by atoms with Gasteiger partial charge in [-0.25, -0.2) is 4.98 Å². The van der Waals surface area contributed by atoms with Gasteiger partial charge in [0.15, 0.2) is 0 Å². The zero-order chi connectivity index (χ0) is 13.3. The topological polar surface area (TPSA) is 60.9 Å². The van der Waals surface area contributed by atoms with E-state index in [1.54, 1.807) is 18.3 Å². The number of aromatic nitrogens is 2. The maximum absolute atomic E-state index is 10.4. The van der Waals surface area contributed by atoms with Gasteiger partial charge < -0.3 is 15.4 Å². The molecule has 3 rings (SSSR count). The number of para-hydroxylation sites is 2. The van der Waals surface area contributed by atoms with E-state index in [-0.39, 0.29) is 0 Å². The van der Waals surface area contributed by atoms with Gasteiger partial charge in [0.25, 0.3) is 0 Å². The lowest BCUT2D eigenvalue weighted by Crippen LogP contribution is -2.30. The SMILES string of the molecule is C[C@@](O)(CNc1nc2ccccc2[nH]1)c1ccsc1. The second kappa shape index (κ2) is 4.68. The molecule has 0 aliphatic carbocycles. The van der Waals surface area contributed by atoms with E-state index in [4.69, 9.17) is 0 Å². The molecule has 3 aromatic rings. The Labute approximate surface area is 115 Å². The number of aromatic amines is 1. The predicted octanol–water partition coefficient (Wildman–Crippen LogP) is 2.94. The summed E-state index contributed by atoms with van der Waals surface area (Å²) < 4.78 is 0. The van der Waals surface area contributed by atoms with Crippen LogP contribution in [0.3, 0.4) is 0 Å². The van der Waals surface area contributed by atoms with Gasteiger partial charge in [0.1, 0.15) is 5.60 Å². The fraction of sp³-hybridized carbons (Fsp3) is 0.214. The molecule has 0 saturated heterocycles. The van der Waals surface area contributed by atoms with Crippen LogP contribution in [-0.2, 0) is 5.60 Å². The highest BCUT2D eigenvalue weighted by Crippen LogP contribution is 2.23. The summed E-state index contributed by atoms with van der Waals surface area (Å²) in [5, 5.41) is 17.5. The van der Waals surface area contributed by atoms with Crippen LogP contribution in [0.1, 0.15) is 12.5 Å². The Morgan fingerprint density at radius 2 is 2.21 bits per heavy atom. The maximum Gasteiger partial charge on any atom is 0.201 e. The van der Waals surface area contributed by atoms with Crippen LogP contribution in [-0.4, -0.2) is 21.6 Å². The zero-order valence-electron chi connectivity index (χ0n) is 10.6. The van der Waals surface area contributed by atoms with Gasteiger partial charge in [-0.1, -0.05) is 12.1 Å². The third-order valence-corrected chi connectivity index (χ3v) is 3.82. The fourth-order valence-electron chi connectivity index (χ4n) is 1.97. The summed E-state index contributed by atoms with van der Waals surface area (Å²) in [6, 6.07) is 9.78. The van der Waals surface area contributed by atoms with Gasteiger partial charge in [0.05, 0.1) is 17.6 Å². The van der Waals surface area contributed by atoms with Gasteiger partial charge in [-0.05, 0) is 41.4 Å². The summed E-state index contributed by atoms with van der Waals surface area (Å²) in [6.45, 7) is 2.20. The average molecular weight is 273 g/mol. The monoisotopic (exact) mass is 273 g/mol. The lowest BCUT2D eigenvalue weighted by atomic mass is 9.99. The molecule has 0 amide bonds. The van der Waals surface area contributed by atoms with E-state index in [1.807, 2.05) is 41.1 Å².